The molecule has 0 aliphatic heterocycles. The van der Waals surface area contributed by atoms with Crippen LogP contribution in [0.2, 0.25) is 0 Å². The summed E-state index contributed by atoms with van der Waals surface area (Å²) in [6.45, 7) is -0.0180. The van der Waals surface area contributed by atoms with E-state index in [1.54, 1.807) is 0 Å². The molecule has 0 spiro atoms. The number of aromatic amines is 2. The number of nitrogens with one attached hydrogen (secondary N) is 2. The van der Waals surface area contributed by atoms with E-state index >= 15 is 0 Å². The lowest BCUT2D eigenvalue weighted by Crippen LogP contribution is -2.29. The van der Waals surface area contributed by atoms with Gasteiger partial charge in [-0.25, -0.2) is 0 Å². The molecule has 4 N–H and O–H groups in total. The molecule has 92 valence electrons. The van der Waals surface area contributed by atoms with Crippen molar-refractivity contribution in [1.82, 2.24) is 10.2 Å². The summed E-state index contributed by atoms with van der Waals surface area (Å²) < 4.78 is 0. The number of hydrogen-bond acceptors (Lipinski definition) is 5. The number of aliphatic hydroxyl groups is 2. The molecule has 9 nitrogen and oxygen atoms in total. The molecule has 0 aliphatic carbocycles. The van der Waals surface area contributed by atoms with Gasteiger partial charge in [0.05, 0.1) is 11.7 Å². The maximum atomic E-state index is 11.3. The Morgan fingerprint density at radius 2 is 2.12 bits per heavy atom. The molecule has 9 heteroatoms. The molecule has 0 amide bonds. The summed E-state index contributed by atoms with van der Waals surface area (Å²) in [7, 11) is 0. The van der Waals surface area contributed by atoms with Crippen molar-refractivity contribution in [2.45, 2.75) is 18.6 Å². The van der Waals surface area contributed by atoms with Crippen molar-refractivity contribution in [3.8, 4) is 0 Å². The second-order valence-corrected chi connectivity index (χ2v) is 3.30. The third-order valence-electron chi connectivity index (χ3n) is 2.12. The van der Waals surface area contributed by atoms with Gasteiger partial charge < -0.3 is 10.2 Å². The lowest BCUT2D eigenvalue weighted by Gasteiger charge is -2.15. The summed E-state index contributed by atoms with van der Waals surface area (Å²) in [5.41, 5.74) is 6.50. The van der Waals surface area contributed by atoms with Crippen molar-refractivity contribution in [3.05, 3.63) is 42.8 Å². The van der Waals surface area contributed by atoms with Crippen LogP contribution >= 0.6 is 0 Å². The van der Waals surface area contributed by atoms with Gasteiger partial charge in [-0.15, -0.1) is 0 Å². The van der Waals surface area contributed by atoms with Crippen molar-refractivity contribution >= 4 is 0 Å². The zero-order chi connectivity index (χ0) is 12.8. The number of nitrogens with zero attached hydrogens (tertiary/aromatic N) is 3. The van der Waals surface area contributed by atoms with Crippen LogP contribution < -0.4 is 11.1 Å². The minimum atomic E-state index is -1.50. The van der Waals surface area contributed by atoms with E-state index in [0.717, 1.165) is 6.07 Å². The maximum absolute atomic E-state index is 11.3. The lowest BCUT2D eigenvalue weighted by atomic mass is 10.0. The molecule has 0 saturated carbocycles. The molecule has 2 unspecified atom stereocenters. The lowest BCUT2D eigenvalue weighted by molar-refractivity contribution is 0.0140. The van der Waals surface area contributed by atoms with Crippen LogP contribution in [0.1, 0.15) is 18.1 Å². The first-order valence-electron chi connectivity index (χ1n) is 4.75. The first-order chi connectivity index (χ1) is 8.06. The topological polar surface area (TPSA) is 155 Å². The molecular weight excluding hydrogens is 230 g/mol. The summed E-state index contributed by atoms with van der Waals surface area (Å²) in [5, 5.41) is 26.4. The van der Waals surface area contributed by atoms with Crippen molar-refractivity contribution in [2.24, 2.45) is 5.11 Å². The molecule has 0 fully saturated rings. The van der Waals surface area contributed by atoms with Crippen molar-refractivity contribution in [1.29, 1.82) is 0 Å². The van der Waals surface area contributed by atoms with E-state index in [1.165, 1.54) is 0 Å². The smallest absolute Gasteiger partial charge is 0.268 e. The fraction of sp³-hybridized carbons (Fsp3) is 0.500. The number of rotatable bonds is 5. The van der Waals surface area contributed by atoms with Crippen LogP contribution in [-0.4, -0.2) is 33.1 Å². The molecule has 1 rings (SSSR count). The monoisotopic (exact) mass is 241 g/mol. The van der Waals surface area contributed by atoms with E-state index in [2.05, 4.69) is 10.0 Å². The Kier molecular flexibility index (Phi) is 4.46. The van der Waals surface area contributed by atoms with Gasteiger partial charge in [0.2, 0.25) is 0 Å². The first kappa shape index (κ1) is 13.0. The van der Waals surface area contributed by atoms with Gasteiger partial charge in [-0.2, -0.15) is 0 Å². The Morgan fingerprint density at radius 1 is 1.41 bits per heavy atom. The predicted octanol–water partition coefficient (Wildman–Crippen LogP) is -0.842. The predicted molar refractivity (Wildman–Crippen MR) is 57.3 cm³/mol. The van der Waals surface area contributed by atoms with E-state index in [9.17, 15) is 19.8 Å². The summed E-state index contributed by atoms with van der Waals surface area (Å²) in [4.78, 5) is 24.7. The highest BCUT2D eigenvalue weighted by molar-refractivity contribution is 5.11. The van der Waals surface area contributed by atoms with Crippen LogP contribution in [0.4, 0.5) is 0 Å². The largest absolute Gasteiger partial charge is 0.390 e. The van der Waals surface area contributed by atoms with Gasteiger partial charge in [-0.1, -0.05) is 5.11 Å². The van der Waals surface area contributed by atoms with E-state index in [4.69, 9.17) is 5.53 Å². The van der Waals surface area contributed by atoms with Crippen LogP contribution in [0.3, 0.4) is 0 Å². The van der Waals surface area contributed by atoms with Gasteiger partial charge in [0.15, 0.2) is 0 Å². The van der Waals surface area contributed by atoms with Crippen LogP contribution in [0, 0.1) is 0 Å². The van der Waals surface area contributed by atoms with Crippen LogP contribution in [0.5, 0.6) is 0 Å². The minimum absolute atomic E-state index is 0.0164. The molecule has 17 heavy (non-hydrogen) atoms. The van der Waals surface area contributed by atoms with Gasteiger partial charge in [0.25, 0.3) is 11.1 Å². The summed E-state index contributed by atoms with van der Waals surface area (Å²) in [6.07, 6.45) is -2.81. The first-order valence-corrected chi connectivity index (χ1v) is 4.75. The number of aromatic nitrogens is 2. The normalized spacial score (nSPS) is 13.8. The summed E-state index contributed by atoms with van der Waals surface area (Å²) >= 11 is 0. The SMILES string of the molecule is [N-]=[N+]=NCCC(O)C(O)c1cc(=O)[nH][nH]c1=O. The van der Waals surface area contributed by atoms with Crippen molar-refractivity contribution in [2.75, 3.05) is 6.54 Å². The van der Waals surface area contributed by atoms with Crippen molar-refractivity contribution < 1.29 is 10.2 Å². The molecule has 1 aromatic rings. The van der Waals surface area contributed by atoms with Gasteiger partial charge >= 0.3 is 0 Å². The second-order valence-electron chi connectivity index (χ2n) is 3.30. The van der Waals surface area contributed by atoms with Gasteiger partial charge in [-0.3, -0.25) is 19.8 Å². The molecule has 0 bridgehead atoms. The van der Waals surface area contributed by atoms with Crippen molar-refractivity contribution in [3.63, 3.8) is 0 Å². The molecule has 2 atom stereocenters. The van der Waals surface area contributed by atoms with E-state index in [1.807, 2.05) is 10.2 Å². The van der Waals surface area contributed by atoms with E-state index in [0.29, 0.717) is 0 Å². The van der Waals surface area contributed by atoms with Crippen LogP contribution in [-0.2, 0) is 0 Å². The zero-order valence-corrected chi connectivity index (χ0v) is 8.70. The van der Waals surface area contributed by atoms with Gasteiger partial charge in [0, 0.05) is 17.5 Å². The fourth-order valence-corrected chi connectivity index (χ4v) is 1.25. The Hall–Kier alpha value is -2.09. The minimum Gasteiger partial charge on any atom is -0.390 e. The number of aliphatic hydroxyl groups excluding tert-OH is 2. The number of azide groups is 1. The van der Waals surface area contributed by atoms with Gasteiger partial charge in [0.1, 0.15) is 6.10 Å². The van der Waals surface area contributed by atoms with Gasteiger partial charge in [-0.05, 0) is 12.0 Å². The zero-order valence-electron chi connectivity index (χ0n) is 8.70. The Balaban J connectivity index is 2.84. The van der Waals surface area contributed by atoms with Crippen LogP contribution in [0.25, 0.3) is 10.4 Å². The molecule has 1 heterocycles. The molecular formula is C8H11N5O4. The summed E-state index contributed by atoms with van der Waals surface area (Å²) in [6, 6.07) is 0.903. The second kappa shape index (κ2) is 5.85. The standard InChI is InChI=1S/C8H11N5O4/c9-13-10-2-1-5(14)7(16)4-3-6(15)11-12-8(4)17/h3,5,7,14,16H,1-2H2,(H,11,15)(H,12,17). The molecule has 0 aromatic carbocycles. The average molecular weight is 241 g/mol. The highest BCUT2D eigenvalue weighted by atomic mass is 16.3. The van der Waals surface area contributed by atoms with E-state index < -0.39 is 23.3 Å². The Bertz CT molecular complexity index is 529. The quantitative estimate of drug-likeness (QED) is 0.301. The molecule has 0 aliphatic rings. The molecule has 0 radical (unpaired) electrons. The highest BCUT2D eigenvalue weighted by Gasteiger charge is 2.21. The Labute approximate surface area is 94.3 Å². The third-order valence-corrected chi connectivity index (χ3v) is 2.12. The maximum Gasteiger partial charge on any atom is 0.268 e. The number of hydrogen-bond donors (Lipinski definition) is 4. The number of H-pyrrole nitrogens is 2. The fourth-order valence-electron chi connectivity index (χ4n) is 1.25. The highest BCUT2D eigenvalue weighted by Crippen LogP contribution is 2.13. The summed E-state index contributed by atoms with van der Waals surface area (Å²) in [5.74, 6) is 0. The third kappa shape index (κ3) is 3.45. The average Bonchev–Trinajstić information content (AvgIpc) is 2.31. The van der Waals surface area contributed by atoms with E-state index in [-0.39, 0.29) is 18.5 Å². The van der Waals surface area contributed by atoms with Crippen LogP contribution in [0.15, 0.2) is 20.8 Å². The molecule has 0 saturated heterocycles. The Morgan fingerprint density at radius 3 is 2.76 bits per heavy atom. The molecule has 1 aromatic heterocycles.